The molecule has 196 valence electrons. The summed E-state index contributed by atoms with van der Waals surface area (Å²) in [6, 6.07) is 0. The lowest BCUT2D eigenvalue weighted by molar-refractivity contribution is 0.354. The van der Waals surface area contributed by atoms with Crippen molar-refractivity contribution in [2.45, 2.75) is 112 Å². The second-order valence-electron chi connectivity index (χ2n) is 10.2. The lowest BCUT2D eigenvalue weighted by atomic mass is 9.64. The van der Waals surface area contributed by atoms with E-state index in [1.165, 1.54) is 24.0 Å². The first-order valence-electron chi connectivity index (χ1n) is 14.0. The van der Waals surface area contributed by atoms with Gasteiger partial charge >= 0.3 is 0 Å². The minimum Gasteiger partial charge on any atom is -0.103 e. The first-order valence-corrected chi connectivity index (χ1v) is 14.0. The molecular weight excluding hydrogens is 420 g/mol. The van der Waals surface area contributed by atoms with Gasteiger partial charge in [-0.1, -0.05) is 97.4 Å². The summed E-state index contributed by atoms with van der Waals surface area (Å²) in [7, 11) is 0. The molecule has 0 amide bonds. The topological polar surface area (TPSA) is 0 Å². The highest BCUT2D eigenvalue weighted by Gasteiger charge is 2.36. The fraction of sp³-hybridized carbons (Fsp3) is 0.543. The third kappa shape index (κ3) is 13.6. The highest BCUT2D eigenvalue weighted by Crippen LogP contribution is 2.49. The summed E-state index contributed by atoms with van der Waals surface area (Å²) in [5, 5.41) is 0. The maximum absolute atomic E-state index is 4.35. The SMILES string of the molecule is C=CCCCC(CC=CCC)/C(=C(/CC=CC)CC(=C)C)C(C=C(C)C)(CC=CCC)CCC=C. The molecule has 0 aliphatic carbocycles. The minimum atomic E-state index is -0.00996. The fourth-order valence-corrected chi connectivity index (χ4v) is 5.19. The largest absolute Gasteiger partial charge is 0.103 e. The lowest BCUT2D eigenvalue weighted by Gasteiger charge is -2.40. The van der Waals surface area contributed by atoms with Gasteiger partial charge in [0.1, 0.15) is 0 Å². The van der Waals surface area contributed by atoms with Gasteiger partial charge in [-0.25, -0.2) is 0 Å². The number of rotatable bonds is 20. The van der Waals surface area contributed by atoms with E-state index < -0.39 is 0 Å². The molecule has 0 saturated carbocycles. The highest BCUT2D eigenvalue weighted by atomic mass is 14.4. The van der Waals surface area contributed by atoms with Crippen molar-refractivity contribution in [2.24, 2.45) is 11.3 Å². The van der Waals surface area contributed by atoms with Gasteiger partial charge in [0.05, 0.1) is 0 Å². The van der Waals surface area contributed by atoms with Gasteiger partial charge < -0.3 is 0 Å². The van der Waals surface area contributed by atoms with Crippen LogP contribution in [0.5, 0.6) is 0 Å². The third-order valence-electron chi connectivity index (χ3n) is 6.47. The molecule has 0 aromatic rings. The second kappa shape index (κ2) is 20.1. The number of hydrogen-bond acceptors (Lipinski definition) is 0. The van der Waals surface area contributed by atoms with Crippen LogP contribution in [0.2, 0.25) is 0 Å². The molecule has 2 atom stereocenters. The van der Waals surface area contributed by atoms with Crippen LogP contribution in [0.25, 0.3) is 0 Å². The maximum atomic E-state index is 4.35. The Labute approximate surface area is 220 Å². The van der Waals surface area contributed by atoms with E-state index in [1.54, 1.807) is 11.1 Å². The molecule has 0 spiro atoms. The molecule has 0 radical (unpaired) electrons. The lowest BCUT2D eigenvalue weighted by Crippen LogP contribution is -2.28. The molecule has 0 bridgehead atoms. The van der Waals surface area contributed by atoms with Gasteiger partial charge in [0.25, 0.3) is 0 Å². The van der Waals surface area contributed by atoms with E-state index in [0.29, 0.717) is 5.92 Å². The Morgan fingerprint density at radius 2 is 1.54 bits per heavy atom. The molecule has 2 unspecified atom stereocenters. The van der Waals surface area contributed by atoms with E-state index in [4.69, 9.17) is 0 Å². The molecule has 0 N–H and O–H groups in total. The van der Waals surface area contributed by atoms with Gasteiger partial charge in [0, 0.05) is 5.41 Å². The van der Waals surface area contributed by atoms with Crippen LogP contribution in [0.15, 0.2) is 96.7 Å². The molecule has 0 aromatic heterocycles. The second-order valence-corrected chi connectivity index (χ2v) is 10.2. The van der Waals surface area contributed by atoms with Crippen LogP contribution in [0.4, 0.5) is 0 Å². The zero-order valence-corrected chi connectivity index (χ0v) is 24.2. The van der Waals surface area contributed by atoms with E-state index in [2.05, 4.69) is 116 Å². The van der Waals surface area contributed by atoms with Crippen molar-refractivity contribution in [3.8, 4) is 0 Å². The molecular formula is C35H56. The standard InChI is InChI=1S/C35H56/c1-10-15-20-24-32(25-21-16-11-2)34(33(23-18-13-4)28-30(6)7)35(26-19-14-5,29-31(8)9)27-22-17-12-3/h10,13-14,16-18,21-22,29,32H,1,5-6,11-12,15,19-20,23-28H2,2-4,7-9H3/b18-13?,21-16?,22-17?,34-33+. The van der Waals surface area contributed by atoms with Crippen molar-refractivity contribution in [3.05, 3.63) is 96.7 Å². The van der Waals surface area contributed by atoms with E-state index in [1.807, 2.05) is 0 Å². The number of unbranched alkanes of at least 4 members (excludes halogenated alkanes) is 1. The summed E-state index contributed by atoms with van der Waals surface area (Å²) in [5.74, 6) is 0.507. The molecule has 0 saturated heterocycles. The Morgan fingerprint density at radius 1 is 0.886 bits per heavy atom. The smallest absolute Gasteiger partial charge is 0.0136 e. The van der Waals surface area contributed by atoms with Crippen molar-refractivity contribution in [1.82, 2.24) is 0 Å². The van der Waals surface area contributed by atoms with Crippen LogP contribution in [-0.4, -0.2) is 0 Å². The van der Waals surface area contributed by atoms with E-state index in [-0.39, 0.29) is 5.41 Å². The van der Waals surface area contributed by atoms with Crippen LogP contribution in [-0.2, 0) is 0 Å². The zero-order chi connectivity index (χ0) is 26.5. The van der Waals surface area contributed by atoms with Gasteiger partial charge in [0.15, 0.2) is 0 Å². The molecule has 0 heterocycles. The Hall–Kier alpha value is -2.08. The summed E-state index contributed by atoms with van der Waals surface area (Å²) in [6.45, 7) is 25.7. The van der Waals surface area contributed by atoms with Crippen molar-refractivity contribution in [1.29, 1.82) is 0 Å². The van der Waals surface area contributed by atoms with Gasteiger partial charge in [-0.15, -0.1) is 13.2 Å². The summed E-state index contributed by atoms with van der Waals surface area (Å²) in [6.07, 6.45) is 32.6. The summed E-state index contributed by atoms with van der Waals surface area (Å²) in [5.41, 5.74) is 5.85. The van der Waals surface area contributed by atoms with E-state index in [9.17, 15) is 0 Å². The van der Waals surface area contributed by atoms with Crippen molar-refractivity contribution < 1.29 is 0 Å². The van der Waals surface area contributed by atoms with Crippen molar-refractivity contribution >= 4 is 0 Å². The summed E-state index contributed by atoms with van der Waals surface area (Å²) in [4.78, 5) is 0. The average Bonchev–Trinajstić information content (AvgIpc) is 2.80. The van der Waals surface area contributed by atoms with Gasteiger partial charge in [-0.3, -0.25) is 0 Å². The van der Waals surface area contributed by atoms with Crippen LogP contribution in [0.1, 0.15) is 112 Å². The molecule has 0 aliphatic heterocycles. The predicted octanol–water partition coefficient (Wildman–Crippen LogP) is 11.8. The van der Waals surface area contributed by atoms with Crippen LogP contribution >= 0.6 is 0 Å². The highest BCUT2D eigenvalue weighted by molar-refractivity contribution is 5.36. The first-order chi connectivity index (χ1) is 16.8. The third-order valence-corrected chi connectivity index (χ3v) is 6.47. The molecule has 0 nitrogen and oxygen atoms in total. The minimum absolute atomic E-state index is 0.00996. The number of allylic oxidation sites excluding steroid dienone is 13. The van der Waals surface area contributed by atoms with Crippen LogP contribution < -0.4 is 0 Å². The van der Waals surface area contributed by atoms with E-state index >= 15 is 0 Å². The molecule has 0 heteroatoms. The van der Waals surface area contributed by atoms with Crippen LogP contribution in [0, 0.1) is 11.3 Å². The molecule has 35 heavy (non-hydrogen) atoms. The van der Waals surface area contributed by atoms with Gasteiger partial charge in [-0.05, 0) is 104 Å². The average molecular weight is 477 g/mol. The Bertz CT molecular complexity index is 760. The van der Waals surface area contributed by atoms with Crippen LogP contribution in [0.3, 0.4) is 0 Å². The zero-order valence-electron chi connectivity index (χ0n) is 24.2. The van der Waals surface area contributed by atoms with Gasteiger partial charge in [0.2, 0.25) is 0 Å². The Morgan fingerprint density at radius 3 is 2.09 bits per heavy atom. The summed E-state index contributed by atoms with van der Waals surface area (Å²) >= 11 is 0. The normalized spacial score (nSPS) is 15.3. The molecule has 0 fully saturated rings. The molecule has 0 aromatic carbocycles. The predicted molar refractivity (Wildman–Crippen MR) is 163 cm³/mol. The quantitative estimate of drug-likeness (QED) is 0.121. The van der Waals surface area contributed by atoms with Crippen molar-refractivity contribution in [3.63, 3.8) is 0 Å². The molecule has 0 rings (SSSR count). The Balaban J connectivity index is 7.36. The molecule has 0 aliphatic rings. The Kier molecular flexibility index (Phi) is 18.9. The van der Waals surface area contributed by atoms with Gasteiger partial charge in [-0.2, -0.15) is 0 Å². The monoisotopic (exact) mass is 476 g/mol. The number of hydrogen-bond donors (Lipinski definition) is 0. The van der Waals surface area contributed by atoms with E-state index in [0.717, 1.165) is 57.8 Å². The fourth-order valence-electron chi connectivity index (χ4n) is 5.19. The maximum Gasteiger partial charge on any atom is 0.0136 e. The summed E-state index contributed by atoms with van der Waals surface area (Å²) < 4.78 is 0. The van der Waals surface area contributed by atoms with Crippen molar-refractivity contribution in [2.75, 3.05) is 0 Å². The first kappa shape index (κ1) is 32.9.